The summed E-state index contributed by atoms with van der Waals surface area (Å²) < 4.78 is 0. The molecule has 0 radical (unpaired) electrons. The zero-order valence-electron chi connectivity index (χ0n) is 12.4. The van der Waals surface area contributed by atoms with Gasteiger partial charge in [0.2, 0.25) is 0 Å². The van der Waals surface area contributed by atoms with E-state index in [2.05, 4.69) is 43.6 Å². The van der Waals surface area contributed by atoms with E-state index in [1.807, 2.05) is 19.2 Å². The lowest BCUT2D eigenvalue weighted by atomic mass is 9.79. The van der Waals surface area contributed by atoms with Crippen LogP contribution in [-0.4, -0.2) is 0 Å². The highest BCUT2D eigenvalue weighted by Crippen LogP contribution is 2.36. The fourth-order valence-electron chi connectivity index (χ4n) is 2.96. The lowest BCUT2D eigenvalue weighted by Crippen LogP contribution is -2.11. The summed E-state index contributed by atoms with van der Waals surface area (Å²) in [5, 5.41) is 3.22. The maximum absolute atomic E-state index is 3.22. The van der Waals surface area contributed by atoms with Gasteiger partial charge in [-0.1, -0.05) is 35.4 Å². The molecule has 1 nitrogen and oxygen atoms in total. The van der Waals surface area contributed by atoms with Gasteiger partial charge in [0.25, 0.3) is 0 Å². The van der Waals surface area contributed by atoms with E-state index in [1.54, 1.807) is 11.1 Å². The Labute approximate surface area is 117 Å². The van der Waals surface area contributed by atoms with Gasteiger partial charge in [-0.15, -0.1) is 0 Å². The number of benzene rings is 1. The van der Waals surface area contributed by atoms with Crippen molar-refractivity contribution >= 4 is 0 Å². The number of rotatable bonds is 4. The molecular weight excluding hydrogens is 230 g/mol. The molecule has 0 heterocycles. The average molecular weight is 255 g/mol. The zero-order valence-corrected chi connectivity index (χ0v) is 12.4. The maximum Gasteiger partial charge on any atom is -0.000631 e. The number of aryl methyl sites for hydroxylation is 2. The van der Waals surface area contributed by atoms with E-state index in [4.69, 9.17) is 0 Å². The van der Waals surface area contributed by atoms with Crippen molar-refractivity contribution in [3.63, 3.8) is 0 Å². The van der Waals surface area contributed by atoms with Gasteiger partial charge in [0.15, 0.2) is 0 Å². The summed E-state index contributed by atoms with van der Waals surface area (Å²) in [4.78, 5) is 0. The van der Waals surface area contributed by atoms with Gasteiger partial charge in [-0.3, -0.25) is 0 Å². The van der Waals surface area contributed by atoms with E-state index < -0.39 is 0 Å². The highest BCUT2D eigenvalue weighted by Gasteiger charge is 2.20. The first kappa shape index (κ1) is 13.9. The van der Waals surface area contributed by atoms with Crippen LogP contribution >= 0.6 is 0 Å². The lowest BCUT2D eigenvalue weighted by Gasteiger charge is -2.26. The van der Waals surface area contributed by atoms with Crippen molar-refractivity contribution < 1.29 is 0 Å². The Bertz CT molecular complexity index is 482. The molecule has 0 amide bonds. The molecule has 1 aromatic rings. The van der Waals surface area contributed by atoms with Crippen LogP contribution in [0, 0.1) is 6.92 Å². The summed E-state index contributed by atoms with van der Waals surface area (Å²) in [6, 6.07) is 6.97. The number of fused-ring (bicyclic) bond motifs is 1. The monoisotopic (exact) mass is 255 g/mol. The highest BCUT2D eigenvalue weighted by atomic mass is 14.8. The molecule has 0 spiro atoms. The van der Waals surface area contributed by atoms with Gasteiger partial charge in [-0.25, -0.2) is 0 Å². The van der Waals surface area contributed by atoms with E-state index in [0.717, 1.165) is 0 Å². The van der Waals surface area contributed by atoms with Crippen molar-refractivity contribution in [3.8, 4) is 0 Å². The molecule has 2 rings (SSSR count). The second-order valence-electron chi connectivity index (χ2n) is 5.65. The van der Waals surface area contributed by atoms with E-state index in [9.17, 15) is 0 Å². The molecule has 1 aliphatic rings. The Balaban J connectivity index is 2.10. The molecule has 0 aliphatic heterocycles. The minimum atomic E-state index is 0.701. The third-order valence-corrected chi connectivity index (χ3v) is 3.90. The summed E-state index contributed by atoms with van der Waals surface area (Å²) >= 11 is 0. The number of hydrogen-bond donors (Lipinski definition) is 1. The van der Waals surface area contributed by atoms with Crippen LogP contribution in [0.3, 0.4) is 0 Å². The Kier molecular flexibility index (Phi) is 4.84. The van der Waals surface area contributed by atoms with Crippen LogP contribution in [0.25, 0.3) is 0 Å². The quantitative estimate of drug-likeness (QED) is 0.812. The third kappa shape index (κ3) is 3.73. The minimum Gasteiger partial charge on any atom is -0.368 e. The summed E-state index contributed by atoms with van der Waals surface area (Å²) in [6.07, 6.45) is 11.2. The van der Waals surface area contributed by atoms with Crippen LogP contribution < -0.4 is 5.32 Å². The average Bonchev–Trinajstić information content (AvgIpc) is 2.40. The smallest absolute Gasteiger partial charge is 0.000631 e. The Morgan fingerprint density at radius 1 is 1.42 bits per heavy atom. The van der Waals surface area contributed by atoms with Crippen molar-refractivity contribution in [2.45, 2.75) is 52.4 Å². The molecule has 1 aliphatic carbocycles. The molecule has 1 aromatic carbocycles. The first-order valence-electron chi connectivity index (χ1n) is 7.33. The molecule has 19 heavy (non-hydrogen) atoms. The first-order chi connectivity index (χ1) is 9.20. The van der Waals surface area contributed by atoms with E-state index in [1.165, 1.54) is 36.8 Å². The fourth-order valence-corrected chi connectivity index (χ4v) is 2.96. The van der Waals surface area contributed by atoms with Crippen LogP contribution in [0.2, 0.25) is 0 Å². The SMILES string of the molecule is C/C=C\N/C=C(\C)CC1CCCc2ccc(C)cc21. The predicted octanol–water partition coefficient (Wildman–Crippen LogP) is 4.83. The van der Waals surface area contributed by atoms with Crippen LogP contribution in [0.4, 0.5) is 0 Å². The van der Waals surface area contributed by atoms with Crippen LogP contribution in [0.1, 0.15) is 55.7 Å². The van der Waals surface area contributed by atoms with Gasteiger partial charge in [-0.05, 0) is 75.9 Å². The minimum absolute atomic E-state index is 0.701. The molecular formula is C18H25N. The van der Waals surface area contributed by atoms with Gasteiger partial charge in [0.1, 0.15) is 0 Å². The lowest BCUT2D eigenvalue weighted by molar-refractivity contribution is 0.547. The molecule has 1 unspecified atom stereocenters. The summed E-state index contributed by atoms with van der Waals surface area (Å²) in [6.45, 7) is 6.44. The second-order valence-corrected chi connectivity index (χ2v) is 5.65. The van der Waals surface area contributed by atoms with Crippen molar-refractivity contribution in [3.05, 3.63) is 58.9 Å². The highest BCUT2D eigenvalue weighted by molar-refractivity contribution is 5.36. The van der Waals surface area contributed by atoms with E-state index in [0.29, 0.717) is 5.92 Å². The maximum atomic E-state index is 3.22. The fraction of sp³-hybridized carbons (Fsp3) is 0.444. The molecule has 1 N–H and O–H groups in total. The van der Waals surface area contributed by atoms with Crippen molar-refractivity contribution in [1.82, 2.24) is 5.32 Å². The molecule has 1 atom stereocenters. The molecule has 102 valence electrons. The molecule has 0 saturated carbocycles. The number of allylic oxidation sites excluding steroid dienone is 2. The van der Waals surface area contributed by atoms with Crippen LogP contribution in [-0.2, 0) is 6.42 Å². The molecule has 0 aromatic heterocycles. The van der Waals surface area contributed by atoms with Gasteiger partial charge >= 0.3 is 0 Å². The predicted molar refractivity (Wildman–Crippen MR) is 83.2 cm³/mol. The summed E-state index contributed by atoms with van der Waals surface area (Å²) in [7, 11) is 0. The molecule has 1 heteroatoms. The number of nitrogens with one attached hydrogen (secondary N) is 1. The van der Waals surface area contributed by atoms with E-state index in [-0.39, 0.29) is 0 Å². The summed E-state index contributed by atoms with van der Waals surface area (Å²) in [5.41, 5.74) is 5.97. The first-order valence-corrected chi connectivity index (χ1v) is 7.33. The van der Waals surface area contributed by atoms with Gasteiger partial charge in [0, 0.05) is 0 Å². The Hall–Kier alpha value is -1.50. The zero-order chi connectivity index (χ0) is 13.7. The van der Waals surface area contributed by atoms with Crippen molar-refractivity contribution in [2.75, 3.05) is 0 Å². The number of hydrogen-bond acceptors (Lipinski definition) is 1. The van der Waals surface area contributed by atoms with Gasteiger partial charge in [-0.2, -0.15) is 0 Å². The standard InChI is InChI=1S/C18H25N/c1-4-10-19-13-15(3)11-17-7-5-6-16-9-8-14(2)12-18(16)17/h4,8-10,12-13,17,19H,5-7,11H2,1-3H3/b10-4-,15-13+. The molecule has 0 saturated heterocycles. The van der Waals surface area contributed by atoms with Gasteiger partial charge < -0.3 is 5.32 Å². The molecule has 0 bridgehead atoms. The van der Waals surface area contributed by atoms with Crippen LogP contribution in [0.5, 0.6) is 0 Å². The molecule has 0 fully saturated rings. The normalized spacial score (nSPS) is 19.5. The topological polar surface area (TPSA) is 12.0 Å². The Morgan fingerprint density at radius 2 is 2.26 bits per heavy atom. The summed E-state index contributed by atoms with van der Waals surface area (Å²) in [5.74, 6) is 0.701. The van der Waals surface area contributed by atoms with Crippen LogP contribution in [0.15, 0.2) is 42.2 Å². The second kappa shape index (κ2) is 6.60. The van der Waals surface area contributed by atoms with Crippen molar-refractivity contribution in [1.29, 1.82) is 0 Å². The van der Waals surface area contributed by atoms with Gasteiger partial charge in [0.05, 0.1) is 0 Å². The van der Waals surface area contributed by atoms with Crippen molar-refractivity contribution in [2.24, 2.45) is 0 Å². The largest absolute Gasteiger partial charge is 0.368 e. The Morgan fingerprint density at radius 3 is 3.05 bits per heavy atom. The van der Waals surface area contributed by atoms with E-state index >= 15 is 0 Å². The third-order valence-electron chi connectivity index (χ3n) is 3.90.